The molecule has 12 N–H and O–H groups in total. The summed E-state index contributed by atoms with van der Waals surface area (Å²) in [7, 11) is 0. The Hall–Kier alpha value is -3.03. The molecule has 17 unspecified atom stereocenters. The van der Waals surface area contributed by atoms with Gasteiger partial charge >= 0.3 is 0 Å². The van der Waals surface area contributed by atoms with Crippen molar-refractivity contribution in [3.05, 3.63) is 85.1 Å². The van der Waals surface area contributed by atoms with E-state index in [1.54, 1.807) is 0 Å². The predicted molar refractivity (Wildman–Crippen MR) is 355 cm³/mol. The molecule has 17 atom stereocenters. The lowest BCUT2D eigenvalue weighted by atomic mass is 9.96. The highest BCUT2D eigenvalue weighted by Crippen LogP contribution is 2.33. The highest BCUT2D eigenvalue weighted by molar-refractivity contribution is 5.76. The van der Waals surface area contributed by atoms with Crippen molar-refractivity contribution in [2.24, 2.45) is 0 Å². The van der Waals surface area contributed by atoms with E-state index >= 15 is 0 Å². The summed E-state index contributed by atoms with van der Waals surface area (Å²) in [6.07, 6.45) is 41.3. The molecule has 3 aliphatic heterocycles. The number of hydrogen-bond acceptors (Lipinski definition) is 18. The van der Waals surface area contributed by atoms with Crippen molar-refractivity contribution < 1.29 is 89.4 Å². The molecule has 3 rings (SSSR count). The van der Waals surface area contributed by atoms with E-state index in [-0.39, 0.29) is 18.9 Å². The topological polar surface area (TPSA) is 307 Å². The molecular formula is C72H125NO18. The molecule has 3 heterocycles. The number of ether oxygens (including phenoxy) is 6. The average molecular weight is 1290 g/mol. The van der Waals surface area contributed by atoms with Gasteiger partial charge in [-0.25, -0.2) is 0 Å². The number of rotatable bonds is 53. The first-order chi connectivity index (χ1) is 44.3. The van der Waals surface area contributed by atoms with Crippen LogP contribution in [0.15, 0.2) is 85.1 Å². The molecule has 0 bridgehead atoms. The van der Waals surface area contributed by atoms with Gasteiger partial charge in [0.1, 0.15) is 73.2 Å². The summed E-state index contributed by atoms with van der Waals surface area (Å²) < 4.78 is 34.3. The maximum absolute atomic E-state index is 13.4. The lowest BCUT2D eigenvalue weighted by molar-refractivity contribution is -0.379. The van der Waals surface area contributed by atoms with Crippen LogP contribution >= 0.6 is 0 Å². The first-order valence-electron chi connectivity index (χ1n) is 35.3. The molecule has 3 fully saturated rings. The summed E-state index contributed by atoms with van der Waals surface area (Å²) >= 11 is 0. The number of amides is 1. The van der Waals surface area contributed by atoms with Crippen LogP contribution in [0.25, 0.3) is 0 Å². The molecule has 0 saturated carbocycles. The molecule has 0 aromatic carbocycles. The number of carbonyl (C=O) groups is 1. The van der Waals surface area contributed by atoms with Crippen molar-refractivity contribution >= 4 is 5.91 Å². The Morgan fingerprint density at radius 1 is 0.407 bits per heavy atom. The highest BCUT2D eigenvalue weighted by Gasteiger charge is 2.53. The summed E-state index contributed by atoms with van der Waals surface area (Å²) in [5.41, 5.74) is 0. The molecule has 0 spiro atoms. The largest absolute Gasteiger partial charge is 0.394 e. The molecule has 0 aromatic heterocycles. The van der Waals surface area contributed by atoms with Crippen molar-refractivity contribution in [3.63, 3.8) is 0 Å². The number of carbonyl (C=O) groups excluding carboxylic acids is 1. The van der Waals surface area contributed by atoms with E-state index in [0.717, 1.165) is 96.3 Å². The maximum atomic E-state index is 13.4. The second-order valence-corrected chi connectivity index (χ2v) is 25.0. The van der Waals surface area contributed by atoms with Crippen LogP contribution in [0, 0.1) is 0 Å². The van der Waals surface area contributed by atoms with Crippen molar-refractivity contribution in [3.8, 4) is 0 Å². The first-order valence-corrected chi connectivity index (χ1v) is 35.3. The van der Waals surface area contributed by atoms with Gasteiger partial charge in [0.25, 0.3) is 0 Å². The predicted octanol–water partition coefficient (Wildman–Crippen LogP) is 9.49. The molecule has 3 saturated heterocycles. The summed E-state index contributed by atoms with van der Waals surface area (Å²) in [6, 6.07) is -0.888. The van der Waals surface area contributed by atoms with Gasteiger partial charge in [-0.3, -0.25) is 4.79 Å². The monoisotopic (exact) mass is 1290 g/mol. The van der Waals surface area contributed by atoms with Crippen LogP contribution in [0.1, 0.15) is 232 Å². The van der Waals surface area contributed by atoms with E-state index in [1.807, 2.05) is 0 Å². The van der Waals surface area contributed by atoms with Crippen LogP contribution < -0.4 is 5.32 Å². The van der Waals surface area contributed by atoms with Crippen LogP contribution in [0.5, 0.6) is 0 Å². The number of aliphatic hydroxyl groups is 11. The molecule has 526 valence electrons. The number of allylic oxidation sites excluding steroid dienone is 14. The zero-order valence-electron chi connectivity index (χ0n) is 55.5. The molecule has 1 amide bonds. The second-order valence-electron chi connectivity index (χ2n) is 25.0. The Morgan fingerprint density at radius 2 is 0.758 bits per heavy atom. The molecule has 19 heteroatoms. The second kappa shape index (κ2) is 53.2. The van der Waals surface area contributed by atoms with Gasteiger partial charge in [-0.1, -0.05) is 240 Å². The Balaban J connectivity index is 1.30. The normalized spacial score (nSPS) is 28.4. The van der Waals surface area contributed by atoms with Gasteiger partial charge in [-0.05, 0) is 70.6 Å². The number of nitrogens with one attached hydrogen (secondary N) is 1. The lowest BCUT2D eigenvalue weighted by Crippen LogP contribution is -2.66. The Bertz CT molecular complexity index is 1980. The minimum absolute atomic E-state index is 0.248. The van der Waals surface area contributed by atoms with Gasteiger partial charge in [0.2, 0.25) is 5.91 Å². The standard InChI is InChI=1S/C72H125NO18/c1-3-5-7-9-11-13-14-15-16-17-18-19-20-21-22-23-24-25-26-27-28-29-30-31-32-33-34-35-36-37-38-39-40-42-44-46-48-50-60(78)73-55(56(77)49-47-45-43-41-12-10-8-6-4-2)54-86-70-66(84)63(81)68(58(52-75)88-70)91-72-67(85)64(82)69(59(53-76)89-72)90-71-65(83)62(80)61(79)57(51-74)87-71/h5,7,11,13,15-16,18-19,21-22,24-25,27-28,55-59,61-72,74-77,79-85H,3-4,6,8-10,12,14,17,20,23,26,29-54H2,1-2H3,(H,73,78)/b7-5-,13-11-,16-15-,19-18-,22-21-,25-24-,28-27-. The Morgan fingerprint density at radius 3 is 1.19 bits per heavy atom. The van der Waals surface area contributed by atoms with Crippen molar-refractivity contribution in [2.75, 3.05) is 26.4 Å². The quantitative estimate of drug-likeness (QED) is 0.0199. The van der Waals surface area contributed by atoms with E-state index in [0.29, 0.717) is 12.8 Å². The molecule has 3 aliphatic rings. The van der Waals surface area contributed by atoms with Gasteiger partial charge in [0, 0.05) is 6.42 Å². The van der Waals surface area contributed by atoms with Crippen molar-refractivity contribution in [1.29, 1.82) is 0 Å². The minimum Gasteiger partial charge on any atom is -0.394 e. The van der Waals surface area contributed by atoms with Crippen LogP contribution in [0.3, 0.4) is 0 Å². The van der Waals surface area contributed by atoms with Crippen LogP contribution in [0.2, 0.25) is 0 Å². The van der Waals surface area contributed by atoms with Gasteiger partial charge in [-0.2, -0.15) is 0 Å². The van der Waals surface area contributed by atoms with Gasteiger partial charge in [-0.15, -0.1) is 0 Å². The molecular weight excluding hydrogens is 1170 g/mol. The highest BCUT2D eigenvalue weighted by atomic mass is 16.8. The third-order valence-corrected chi connectivity index (χ3v) is 17.2. The van der Waals surface area contributed by atoms with Crippen LogP contribution in [-0.4, -0.2) is 193 Å². The van der Waals surface area contributed by atoms with Gasteiger partial charge in [0.15, 0.2) is 18.9 Å². The Labute approximate surface area is 546 Å². The third kappa shape index (κ3) is 35.0. The number of aliphatic hydroxyl groups excluding tert-OH is 11. The summed E-state index contributed by atoms with van der Waals surface area (Å²) in [6.45, 7) is 1.64. The zero-order valence-corrected chi connectivity index (χ0v) is 55.5. The third-order valence-electron chi connectivity index (χ3n) is 17.2. The molecule has 0 aliphatic carbocycles. The molecule has 91 heavy (non-hydrogen) atoms. The van der Waals surface area contributed by atoms with Gasteiger partial charge < -0.3 is 89.9 Å². The lowest BCUT2D eigenvalue weighted by Gasteiger charge is -2.48. The fraction of sp³-hybridized carbons (Fsp3) is 0.792. The Kier molecular flexibility index (Phi) is 48.0. The van der Waals surface area contributed by atoms with Crippen molar-refractivity contribution in [2.45, 2.75) is 336 Å². The van der Waals surface area contributed by atoms with Crippen molar-refractivity contribution in [1.82, 2.24) is 5.32 Å². The molecule has 0 radical (unpaired) electrons. The molecule has 0 aromatic rings. The first kappa shape index (κ1) is 82.2. The SMILES string of the molecule is CC/C=C\C/C=C\C/C=C\C/C=C\C/C=C\C/C=C\C/C=C\CCCCCCCCCCCCCCCCCC(=O)NC(COC1OC(CO)C(OC2OC(CO)C(OC3OC(CO)C(O)C(O)C3O)C(O)C2O)C(O)C1O)C(O)CCCCCCCCCCC. The van der Waals surface area contributed by atoms with Crippen LogP contribution in [-0.2, 0) is 33.2 Å². The van der Waals surface area contributed by atoms with Crippen LogP contribution in [0.4, 0.5) is 0 Å². The number of unbranched alkanes of at least 4 members (excludes halogenated alkanes) is 23. The summed E-state index contributed by atoms with van der Waals surface area (Å²) in [5, 5.41) is 120. The average Bonchev–Trinajstić information content (AvgIpc) is 0.826. The smallest absolute Gasteiger partial charge is 0.220 e. The van der Waals surface area contributed by atoms with Gasteiger partial charge in [0.05, 0.1) is 38.6 Å². The zero-order chi connectivity index (χ0) is 66.1. The van der Waals surface area contributed by atoms with E-state index in [2.05, 4.69) is 104 Å². The van der Waals surface area contributed by atoms with E-state index < -0.39 is 124 Å². The summed E-state index contributed by atoms with van der Waals surface area (Å²) in [4.78, 5) is 13.4. The van der Waals surface area contributed by atoms with E-state index in [9.17, 15) is 61.0 Å². The number of hydrogen-bond donors (Lipinski definition) is 12. The molecule has 19 nitrogen and oxygen atoms in total. The fourth-order valence-electron chi connectivity index (χ4n) is 11.5. The fourth-order valence-corrected chi connectivity index (χ4v) is 11.5. The van der Waals surface area contributed by atoms with E-state index in [4.69, 9.17) is 28.4 Å². The summed E-state index contributed by atoms with van der Waals surface area (Å²) in [5.74, 6) is -0.248. The minimum atomic E-state index is -1.97. The maximum Gasteiger partial charge on any atom is 0.220 e. The van der Waals surface area contributed by atoms with E-state index in [1.165, 1.54) is 103 Å².